The molecule has 0 rings (SSSR count). The number of hydrogen-bond acceptors (Lipinski definition) is 2. The highest BCUT2D eigenvalue weighted by atomic mass is 28.4. The van der Waals surface area contributed by atoms with Gasteiger partial charge in [0.25, 0.3) is 0 Å². The highest BCUT2D eigenvalue weighted by molar-refractivity contribution is 6.69. The number of nitrogens with one attached hydrogen (secondary N) is 1. The first-order valence-corrected chi connectivity index (χ1v) is 5.82. The maximum atomic E-state index is 5.12. The van der Waals surface area contributed by atoms with Gasteiger partial charge >= 0.3 is 0 Å². The zero-order valence-corrected chi connectivity index (χ0v) is 6.41. The van der Waals surface area contributed by atoms with Crippen molar-refractivity contribution in [2.75, 3.05) is 7.05 Å². The molecule has 0 aliphatic rings. The van der Waals surface area contributed by atoms with Gasteiger partial charge in [-0.15, -0.1) is 0 Å². The molecule has 0 saturated carbocycles. The van der Waals surface area contributed by atoms with Crippen LogP contribution in [0.5, 0.6) is 0 Å². The second-order valence-corrected chi connectivity index (χ2v) is 6.85. The van der Waals surface area contributed by atoms with E-state index in [4.69, 9.17) is 4.53 Å². The lowest BCUT2D eigenvalue weighted by Gasteiger charge is -2.13. The van der Waals surface area contributed by atoms with Gasteiger partial charge in [-0.05, 0) is 19.6 Å². The summed E-state index contributed by atoms with van der Waals surface area (Å²) in [5.74, 6) is 0. The van der Waals surface area contributed by atoms with Gasteiger partial charge in [-0.25, -0.2) is 5.48 Å². The fraction of sp³-hybridized carbons (Fsp3) is 1.00. The third-order valence-corrected chi connectivity index (χ3v) is 1.22. The van der Waals surface area contributed by atoms with E-state index < -0.39 is 8.32 Å². The fourth-order valence-corrected chi connectivity index (χ4v) is 0.919. The number of hydroxylamine groups is 1. The molecule has 0 fully saturated rings. The van der Waals surface area contributed by atoms with Crippen molar-refractivity contribution in [3.63, 3.8) is 0 Å². The number of rotatable bonds is 2. The first-order valence-electron chi connectivity index (χ1n) is 2.41. The molecule has 1 N–H and O–H groups in total. The van der Waals surface area contributed by atoms with Crippen molar-refractivity contribution in [1.82, 2.24) is 5.48 Å². The molecule has 44 valence electrons. The Balaban J connectivity index is 3.15. The Morgan fingerprint density at radius 3 is 1.71 bits per heavy atom. The molecule has 0 aliphatic carbocycles. The molecule has 0 atom stereocenters. The predicted octanol–water partition coefficient (Wildman–Crippen LogP) is 0.972. The van der Waals surface area contributed by atoms with E-state index in [1.807, 2.05) is 0 Å². The van der Waals surface area contributed by atoms with Gasteiger partial charge in [0.2, 0.25) is 8.32 Å². The summed E-state index contributed by atoms with van der Waals surface area (Å²) in [7, 11) is 0.522. The molecule has 0 bridgehead atoms. The van der Waals surface area contributed by atoms with Gasteiger partial charge in [0.1, 0.15) is 0 Å². The summed E-state index contributed by atoms with van der Waals surface area (Å²) < 4.78 is 5.12. The standard InChI is InChI=1S/C4H13NOSi/c1-5-6-7(2,3)4/h5H,1-4H3. The second kappa shape index (κ2) is 2.45. The van der Waals surface area contributed by atoms with E-state index in [0.29, 0.717) is 0 Å². The molecule has 0 aromatic rings. The fourth-order valence-electron chi connectivity index (χ4n) is 0.306. The van der Waals surface area contributed by atoms with Crippen LogP contribution in [0.4, 0.5) is 0 Å². The van der Waals surface area contributed by atoms with E-state index in [0.717, 1.165) is 0 Å². The van der Waals surface area contributed by atoms with Crippen molar-refractivity contribution in [3.05, 3.63) is 0 Å². The van der Waals surface area contributed by atoms with Crippen molar-refractivity contribution in [2.45, 2.75) is 19.6 Å². The maximum Gasteiger partial charge on any atom is 0.211 e. The van der Waals surface area contributed by atoms with Crippen LogP contribution in [0.2, 0.25) is 19.6 Å². The molecule has 0 saturated heterocycles. The molecular formula is C4H13NOSi. The average molecular weight is 119 g/mol. The van der Waals surface area contributed by atoms with E-state index in [1.165, 1.54) is 0 Å². The van der Waals surface area contributed by atoms with Gasteiger partial charge in [0, 0.05) is 7.05 Å². The minimum Gasteiger partial charge on any atom is -0.346 e. The molecule has 0 spiro atoms. The lowest BCUT2D eigenvalue weighted by Crippen LogP contribution is -2.31. The highest BCUT2D eigenvalue weighted by Crippen LogP contribution is 1.97. The second-order valence-electron chi connectivity index (χ2n) is 2.42. The molecule has 0 radical (unpaired) electrons. The Bertz CT molecular complexity index is 50.1. The lowest BCUT2D eigenvalue weighted by atomic mass is 11.6. The lowest BCUT2D eigenvalue weighted by molar-refractivity contribution is 0.215. The SMILES string of the molecule is CNO[Si](C)(C)C. The molecular weight excluding hydrogens is 106 g/mol. The molecule has 0 unspecified atom stereocenters. The van der Waals surface area contributed by atoms with E-state index in [9.17, 15) is 0 Å². The van der Waals surface area contributed by atoms with Crippen LogP contribution in [0.1, 0.15) is 0 Å². The van der Waals surface area contributed by atoms with Crippen molar-refractivity contribution in [2.24, 2.45) is 0 Å². The quantitative estimate of drug-likeness (QED) is 0.432. The van der Waals surface area contributed by atoms with Crippen molar-refractivity contribution < 1.29 is 4.53 Å². The third-order valence-electron chi connectivity index (χ3n) is 0.408. The van der Waals surface area contributed by atoms with Crippen LogP contribution in [-0.2, 0) is 4.53 Å². The van der Waals surface area contributed by atoms with Crippen LogP contribution < -0.4 is 5.48 Å². The van der Waals surface area contributed by atoms with Crippen LogP contribution in [0, 0.1) is 0 Å². The Hall–Kier alpha value is 0.137. The van der Waals surface area contributed by atoms with Crippen LogP contribution in [0.15, 0.2) is 0 Å². The van der Waals surface area contributed by atoms with Crippen LogP contribution >= 0.6 is 0 Å². The molecule has 2 nitrogen and oxygen atoms in total. The average Bonchev–Trinajstić information content (AvgIpc) is 1.30. The smallest absolute Gasteiger partial charge is 0.211 e. The molecule has 0 amide bonds. The molecule has 3 heteroatoms. The summed E-state index contributed by atoms with van der Waals surface area (Å²) in [4.78, 5) is 0. The van der Waals surface area contributed by atoms with Gasteiger partial charge in [-0.2, -0.15) is 0 Å². The van der Waals surface area contributed by atoms with Crippen LogP contribution in [-0.4, -0.2) is 15.4 Å². The Labute approximate surface area is 46.0 Å². The summed E-state index contributed by atoms with van der Waals surface area (Å²) >= 11 is 0. The molecule has 0 aromatic heterocycles. The van der Waals surface area contributed by atoms with E-state index in [-0.39, 0.29) is 0 Å². The summed E-state index contributed by atoms with van der Waals surface area (Å²) in [6, 6.07) is 0. The predicted molar refractivity (Wildman–Crippen MR) is 33.5 cm³/mol. The third kappa shape index (κ3) is 6.14. The number of hydrogen-bond donors (Lipinski definition) is 1. The zero-order chi connectivity index (χ0) is 5.91. The zero-order valence-electron chi connectivity index (χ0n) is 5.41. The molecule has 7 heavy (non-hydrogen) atoms. The molecule has 0 aliphatic heterocycles. The molecule has 0 aromatic carbocycles. The molecule has 0 heterocycles. The first kappa shape index (κ1) is 7.14. The summed E-state index contributed by atoms with van der Waals surface area (Å²) in [6.45, 7) is 6.39. The van der Waals surface area contributed by atoms with E-state index in [1.54, 1.807) is 7.05 Å². The largest absolute Gasteiger partial charge is 0.346 e. The van der Waals surface area contributed by atoms with Gasteiger partial charge in [-0.1, -0.05) is 0 Å². The summed E-state index contributed by atoms with van der Waals surface area (Å²) in [5.41, 5.74) is 2.67. The van der Waals surface area contributed by atoms with Gasteiger partial charge in [-0.3, -0.25) is 0 Å². The van der Waals surface area contributed by atoms with E-state index in [2.05, 4.69) is 25.1 Å². The van der Waals surface area contributed by atoms with Gasteiger partial charge in [0.05, 0.1) is 0 Å². The Kier molecular flexibility index (Phi) is 2.49. The van der Waals surface area contributed by atoms with Gasteiger partial charge in [0.15, 0.2) is 0 Å². The van der Waals surface area contributed by atoms with Crippen molar-refractivity contribution in [1.29, 1.82) is 0 Å². The maximum absolute atomic E-state index is 5.12. The summed E-state index contributed by atoms with van der Waals surface area (Å²) in [5, 5.41) is 0. The minimum absolute atomic E-state index is 1.27. The topological polar surface area (TPSA) is 21.3 Å². The normalized spacial score (nSPS) is 12.0. The Morgan fingerprint density at radius 2 is 1.71 bits per heavy atom. The van der Waals surface area contributed by atoms with Crippen molar-refractivity contribution >= 4 is 8.32 Å². The highest BCUT2D eigenvalue weighted by Gasteiger charge is 2.12. The van der Waals surface area contributed by atoms with Gasteiger partial charge < -0.3 is 4.53 Å². The van der Waals surface area contributed by atoms with Crippen molar-refractivity contribution in [3.8, 4) is 0 Å². The first-order chi connectivity index (χ1) is 3.06. The summed E-state index contributed by atoms with van der Waals surface area (Å²) in [6.07, 6.45) is 0. The Morgan fingerprint density at radius 1 is 1.29 bits per heavy atom. The van der Waals surface area contributed by atoms with Crippen LogP contribution in [0.3, 0.4) is 0 Å². The van der Waals surface area contributed by atoms with Crippen LogP contribution in [0.25, 0.3) is 0 Å². The van der Waals surface area contributed by atoms with E-state index >= 15 is 0 Å². The monoisotopic (exact) mass is 119 g/mol. The minimum atomic E-state index is -1.27.